The molecule has 0 atom stereocenters. The molecule has 18 nitrogen and oxygen atoms in total. The summed E-state index contributed by atoms with van der Waals surface area (Å²) in [6.07, 6.45) is 0.732. The van der Waals surface area contributed by atoms with Crippen molar-refractivity contribution >= 4 is 160 Å². The van der Waals surface area contributed by atoms with Crippen molar-refractivity contribution in [1.29, 1.82) is 0 Å². The summed E-state index contributed by atoms with van der Waals surface area (Å²) in [6.45, 7) is 8.12. The van der Waals surface area contributed by atoms with Gasteiger partial charge in [0.25, 0.3) is 26.1 Å². The van der Waals surface area contributed by atoms with Crippen LogP contribution < -0.4 is 25.0 Å². The molecule has 8 rings (SSSR count). The van der Waals surface area contributed by atoms with E-state index in [1.54, 1.807) is 117 Å². The SMILES string of the molecule is CCOc1cccc(N=C([O-])c2cc3ccccc3c(N=Nc3cc(CC)c(Cl)c(S(=O)(=O)O)c3)c2[O-])c1.CCOc1cccc(NC(=O)c2cc3ccccc3c(N=Nc3cc(CC)c(Cl)c(S(=O)(=O)O)c3)c2O)c1.[Ba+2]. The topological polar surface area (TPSA) is 284 Å². The number of hydrogen-bond donors (Lipinski definition) is 4. The van der Waals surface area contributed by atoms with E-state index in [4.69, 9.17) is 32.7 Å². The van der Waals surface area contributed by atoms with Gasteiger partial charge in [-0.25, -0.2) is 0 Å². The van der Waals surface area contributed by atoms with E-state index in [1.165, 1.54) is 18.2 Å². The normalized spacial score (nSPS) is 11.9. The minimum atomic E-state index is -4.63. The van der Waals surface area contributed by atoms with E-state index in [0.717, 1.165) is 12.1 Å². The van der Waals surface area contributed by atoms with Crippen molar-refractivity contribution in [2.45, 2.75) is 50.3 Å². The first kappa shape index (κ1) is 59.8. The molecule has 0 unspecified atom stereocenters. The van der Waals surface area contributed by atoms with E-state index in [0.29, 0.717) is 81.6 Å². The van der Waals surface area contributed by atoms with Crippen LogP contribution in [-0.4, -0.2) is 105 Å². The van der Waals surface area contributed by atoms with Crippen LogP contribution in [-0.2, 0) is 33.1 Å². The Morgan fingerprint density at radius 2 is 1.08 bits per heavy atom. The summed E-state index contributed by atoms with van der Waals surface area (Å²) in [5, 5.41) is 58.7. The summed E-state index contributed by atoms with van der Waals surface area (Å²) in [5.74, 6) is -1.32. The largest absolute Gasteiger partial charge is 2.00 e. The molecular formula is C54H46BaCl2N6O12S2. The number of aryl methyl sites for hydroxylation is 2. The summed E-state index contributed by atoms with van der Waals surface area (Å²) < 4.78 is 77.3. The van der Waals surface area contributed by atoms with Crippen LogP contribution in [0.3, 0.4) is 0 Å². The summed E-state index contributed by atoms with van der Waals surface area (Å²) in [4.78, 5) is 16.2. The number of hydrogen-bond acceptors (Lipinski definition) is 15. The number of nitrogens with one attached hydrogen (secondary N) is 1. The van der Waals surface area contributed by atoms with Crippen molar-refractivity contribution in [3.05, 3.63) is 166 Å². The maximum atomic E-state index is 13.4. The van der Waals surface area contributed by atoms with Crippen molar-refractivity contribution in [3.8, 4) is 23.0 Å². The van der Waals surface area contributed by atoms with Gasteiger partial charge in [-0.2, -0.15) is 32.2 Å². The number of ether oxygens (including phenoxy) is 2. The zero-order valence-corrected chi connectivity index (χ0v) is 49.1. The molecule has 0 aliphatic carbocycles. The predicted molar refractivity (Wildman–Crippen MR) is 294 cm³/mol. The van der Waals surface area contributed by atoms with E-state index in [1.807, 2.05) is 13.8 Å². The van der Waals surface area contributed by atoms with Gasteiger partial charge in [-0.15, -0.1) is 5.11 Å². The molecule has 8 aromatic rings. The predicted octanol–water partition coefficient (Wildman–Crippen LogP) is 12.3. The molecule has 77 heavy (non-hydrogen) atoms. The summed E-state index contributed by atoms with van der Waals surface area (Å²) in [7, 11) is -9.24. The van der Waals surface area contributed by atoms with Crippen LogP contribution >= 0.6 is 23.2 Å². The van der Waals surface area contributed by atoms with Gasteiger partial charge in [0.1, 0.15) is 27.0 Å². The summed E-state index contributed by atoms with van der Waals surface area (Å²) in [6, 6.07) is 35.5. The first-order chi connectivity index (χ1) is 36.2. The molecule has 1 amide bonds. The zero-order chi connectivity index (χ0) is 54.9. The fourth-order valence-electron chi connectivity index (χ4n) is 7.67. The number of azo groups is 2. The smallest absolute Gasteiger partial charge is 0.871 e. The number of carbonyl (C=O) groups excluding carboxylic acids is 1. The van der Waals surface area contributed by atoms with Crippen LogP contribution in [0.1, 0.15) is 54.7 Å². The van der Waals surface area contributed by atoms with Gasteiger partial charge in [0.2, 0.25) is 0 Å². The molecule has 0 spiro atoms. The number of phenolic OH excluding ortho intramolecular Hbond substituents is 1. The van der Waals surface area contributed by atoms with Crippen molar-refractivity contribution in [2.75, 3.05) is 18.5 Å². The van der Waals surface area contributed by atoms with Gasteiger partial charge in [-0.1, -0.05) is 103 Å². The van der Waals surface area contributed by atoms with E-state index >= 15 is 0 Å². The number of amides is 1. The molecule has 0 radical (unpaired) electrons. The summed E-state index contributed by atoms with van der Waals surface area (Å²) >= 11 is 12.2. The molecule has 0 fully saturated rings. The average molecular weight is 1240 g/mol. The molecule has 0 aliphatic heterocycles. The van der Waals surface area contributed by atoms with Crippen molar-refractivity contribution in [1.82, 2.24) is 0 Å². The van der Waals surface area contributed by atoms with Crippen molar-refractivity contribution < 1.29 is 55.5 Å². The number of aromatic hydroxyl groups is 1. The second-order valence-electron chi connectivity index (χ2n) is 16.3. The molecule has 0 saturated heterocycles. The van der Waals surface area contributed by atoms with Gasteiger partial charge >= 0.3 is 48.9 Å². The van der Waals surface area contributed by atoms with Gasteiger partial charge in [0.05, 0.1) is 51.6 Å². The van der Waals surface area contributed by atoms with Gasteiger partial charge in [-0.3, -0.25) is 18.9 Å². The van der Waals surface area contributed by atoms with Crippen LogP contribution in [0.2, 0.25) is 10.0 Å². The van der Waals surface area contributed by atoms with Crippen molar-refractivity contribution in [3.63, 3.8) is 0 Å². The fraction of sp³-hybridized carbons (Fsp3) is 0.148. The average Bonchev–Trinajstić information content (AvgIpc) is 3.40. The third-order valence-electron chi connectivity index (χ3n) is 11.3. The van der Waals surface area contributed by atoms with Crippen LogP contribution in [0.25, 0.3) is 21.5 Å². The molecule has 0 bridgehead atoms. The number of phenols is 1. The second kappa shape index (κ2) is 26.3. The van der Waals surface area contributed by atoms with Crippen LogP contribution in [0, 0.1) is 0 Å². The standard InChI is InChI=1S/2C27H24ClN3O6S.Ba/c2*1-3-16-12-19(15-23(24(16)28)38(34,35)36)30-31-25-21-11-6-5-8-17(21)13-22(26(25)32)27(33)29-18-9-7-10-20(14-18)37-4-2;/h2*5-15,32H,3-4H2,1-2H3,(H,29,33)(H,34,35,36);/q;;+2/p-2. The molecule has 4 N–H and O–H groups in total. The Bertz CT molecular complexity index is 3860. The third-order valence-corrected chi connectivity index (χ3v) is 14.1. The molecule has 0 aliphatic rings. The number of nitrogens with zero attached hydrogens (tertiary/aromatic N) is 5. The zero-order valence-electron chi connectivity index (χ0n) is 41.6. The van der Waals surface area contributed by atoms with Gasteiger partial charge in [0, 0.05) is 28.6 Å². The third kappa shape index (κ3) is 14.6. The Labute approximate surface area is 493 Å². The molecule has 0 aromatic heterocycles. The monoisotopic (exact) mass is 1240 g/mol. The molecule has 0 saturated carbocycles. The Balaban J connectivity index is 0.000000246. The number of halogens is 2. The number of anilines is 1. The van der Waals surface area contributed by atoms with E-state index in [2.05, 4.69) is 30.8 Å². The van der Waals surface area contributed by atoms with Crippen LogP contribution in [0.5, 0.6) is 23.0 Å². The molecule has 8 aromatic carbocycles. The first-order valence-electron chi connectivity index (χ1n) is 23.2. The molecular weight excluding hydrogens is 1200 g/mol. The Kier molecular flexibility index (Phi) is 20.4. The number of carbonyl (C=O) groups is 1. The molecule has 392 valence electrons. The van der Waals surface area contributed by atoms with Gasteiger partial charge in [0.15, 0.2) is 5.75 Å². The second-order valence-corrected chi connectivity index (χ2v) is 19.9. The minimum absolute atomic E-state index is 0. The van der Waals surface area contributed by atoms with Crippen LogP contribution in [0.15, 0.2) is 169 Å². The van der Waals surface area contributed by atoms with E-state index in [9.17, 15) is 46.1 Å². The molecule has 0 heterocycles. The maximum Gasteiger partial charge on any atom is 2.00 e. The Morgan fingerprint density at radius 1 is 0.597 bits per heavy atom. The number of benzene rings is 8. The van der Waals surface area contributed by atoms with Crippen molar-refractivity contribution in [2.24, 2.45) is 25.4 Å². The quantitative estimate of drug-likeness (QED) is 0.0231. The number of aliphatic imine (C=N–C) groups is 1. The Hall–Kier alpha value is -6.41. The van der Waals surface area contributed by atoms with E-state index in [-0.39, 0.29) is 92.8 Å². The van der Waals surface area contributed by atoms with Gasteiger partial charge < -0.3 is 30.1 Å². The van der Waals surface area contributed by atoms with Gasteiger partial charge in [-0.05, 0) is 121 Å². The number of rotatable bonds is 16. The maximum absolute atomic E-state index is 13.4. The first-order valence-corrected chi connectivity index (χ1v) is 26.8. The minimum Gasteiger partial charge on any atom is -0.871 e. The van der Waals surface area contributed by atoms with Crippen LogP contribution in [0.4, 0.5) is 34.1 Å². The molecule has 23 heteroatoms. The Morgan fingerprint density at radius 3 is 1.60 bits per heavy atom. The fourth-order valence-corrected chi connectivity index (χ4v) is 10.00. The van der Waals surface area contributed by atoms with E-state index < -0.39 is 53.3 Å². The summed E-state index contributed by atoms with van der Waals surface area (Å²) in [5.41, 5.74) is 1.44. The number of fused-ring (bicyclic) bond motifs is 2.